The number of amides is 1. The third-order valence-electron chi connectivity index (χ3n) is 6.41. The maximum absolute atomic E-state index is 13.1. The molecule has 3 atom stereocenters. The van der Waals surface area contributed by atoms with Crippen LogP contribution in [-0.4, -0.2) is 48.0 Å². The molecule has 156 valence electrons. The number of rotatable bonds is 3. The summed E-state index contributed by atoms with van der Waals surface area (Å²) in [6.07, 6.45) is 11.3. The SMILES string of the molecule is Cc1cn2nc([C@@H]3CCCCN3C(=O)c3ncccn3)cc2nc1C1CC[C@H](N)C1. The lowest BCUT2D eigenvalue weighted by molar-refractivity contribution is 0.0593. The molecule has 0 aromatic carbocycles. The van der Waals surface area contributed by atoms with Gasteiger partial charge in [0, 0.05) is 43.2 Å². The van der Waals surface area contributed by atoms with E-state index in [9.17, 15) is 4.79 Å². The molecule has 1 unspecified atom stereocenters. The van der Waals surface area contributed by atoms with Crippen LogP contribution >= 0.6 is 0 Å². The largest absolute Gasteiger partial charge is 0.328 e. The van der Waals surface area contributed by atoms with E-state index >= 15 is 0 Å². The molecule has 1 saturated carbocycles. The van der Waals surface area contributed by atoms with Crippen LogP contribution in [0.1, 0.15) is 78.1 Å². The summed E-state index contributed by atoms with van der Waals surface area (Å²) in [5.41, 5.74) is 10.1. The lowest BCUT2D eigenvalue weighted by Gasteiger charge is -2.34. The Labute approximate surface area is 175 Å². The molecule has 3 aromatic rings. The topological polar surface area (TPSA) is 102 Å². The van der Waals surface area contributed by atoms with Crippen molar-refractivity contribution in [3.63, 3.8) is 0 Å². The molecule has 1 amide bonds. The quantitative estimate of drug-likeness (QED) is 0.719. The maximum Gasteiger partial charge on any atom is 0.292 e. The Kier molecular flexibility index (Phi) is 4.94. The third kappa shape index (κ3) is 3.45. The highest BCUT2D eigenvalue weighted by Crippen LogP contribution is 2.35. The zero-order valence-electron chi connectivity index (χ0n) is 17.2. The number of aryl methyl sites for hydroxylation is 1. The van der Waals surface area contributed by atoms with Gasteiger partial charge in [0.25, 0.3) is 5.91 Å². The summed E-state index contributed by atoms with van der Waals surface area (Å²) in [7, 11) is 0. The van der Waals surface area contributed by atoms with Gasteiger partial charge in [0.2, 0.25) is 5.82 Å². The number of nitrogens with zero attached hydrogens (tertiary/aromatic N) is 6. The van der Waals surface area contributed by atoms with Crippen molar-refractivity contribution in [1.29, 1.82) is 0 Å². The van der Waals surface area contributed by atoms with E-state index in [-0.39, 0.29) is 23.8 Å². The number of piperidine rings is 1. The van der Waals surface area contributed by atoms with E-state index in [1.165, 1.54) is 0 Å². The second kappa shape index (κ2) is 7.75. The van der Waals surface area contributed by atoms with Crippen molar-refractivity contribution in [3.05, 3.63) is 53.5 Å². The summed E-state index contributed by atoms with van der Waals surface area (Å²) in [6.45, 7) is 2.78. The summed E-state index contributed by atoms with van der Waals surface area (Å²) in [5, 5.41) is 4.80. The first-order chi connectivity index (χ1) is 14.6. The summed E-state index contributed by atoms with van der Waals surface area (Å²) in [5.74, 6) is 0.524. The molecule has 0 spiro atoms. The van der Waals surface area contributed by atoms with Crippen LogP contribution in [0.5, 0.6) is 0 Å². The van der Waals surface area contributed by atoms with Crippen LogP contribution in [0.4, 0.5) is 0 Å². The van der Waals surface area contributed by atoms with Gasteiger partial charge < -0.3 is 10.6 Å². The van der Waals surface area contributed by atoms with Crippen molar-refractivity contribution in [1.82, 2.24) is 29.5 Å². The van der Waals surface area contributed by atoms with E-state index in [1.807, 2.05) is 15.5 Å². The predicted octanol–water partition coefficient (Wildman–Crippen LogP) is 2.79. The van der Waals surface area contributed by atoms with Gasteiger partial charge in [0.15, 0.2) is 5.65 Å². The first kappa shape index (κ1) is 19.1. The molecule has 1 saturated heterocycles. The first-order valence-corrected chi connectivity index (χ1v) is 10.8. The van der Waals surface area contributed by atoms with Crippen molar-refractivity contribution < 1.29 is 4.79 Å². The van der Waals surface area contributed by atoms with Gasteiger partial charge in [-0.1, -0.05) is 0 Å². The lowest BCUT2D eigenvalue weighted by atomic mass is 9.99. The summed E-state index contributed by atoms with van der Waals surface area (Å²) >= 11 is 0. The van der Waals surface area contributed by atoms with Gasteiger partial charge >= 0.3 is 0 Å². The number of carbonyl (C=O) groups is 1. The standard InChI is InChI=1S/C22H27N7O/c1-14-13-29-19(26-20(14)15-6-7-16(23)11-15)12-17(27-29)18-5-2-3-10-28(18)22(30)21-24-8-4-9-25-21/h4,8-9,12-13,15-16,18H,2-3,5-7,10-11,23H2,1H3/t15?,16-,18-/m0/s1. The molecule has 2 aliphatic rings. The Morgan fingerprint density at radius 2 is 2.00 bits per heavy atom. The summed E-state index contributed by atoms with van der Waals surface area (Å²) < 4.78 is 1.85. The van der Waals surface area contributed by atoms with Crippen molar-refractivity contribution in [3.8, 4) is 0 Å². The fraction of sp³-hybridized carbons (Fsp3) is 0.500. The van der Waals surface area contributed by atoms with Crippen LogP contribution < -0.4 is 5.73 Å². The van der Waals surface area contributed by atoms with Crippen molar-refractivity contribution in [2.45, 2.75) is 63.5 Å². The Hall–Kier alpha value is -2.87. The molecule has 2 N–H and O–H groups in total. The lowest BCUT2D eigenvalue weighted by Crippen LogP contribution is -2.39. The van der Waals surface area contributed by atoms with Gasteiger partial charge in [-0.15, -0.1) is 0 Å². The molecule has 1 aliphatic heterocycles. The molecule has 1 aliphatic carbocycles. The normalized spacial score (nSPS) is 24.5. The third-order valence-corrected chi connectivity index (χ3v) is 6.41. The second-order valence-electron chi connectivity index (χ2n) is 8.53. The Morgan fingerprint density at radius 1 is 1.17 bits per heavy atom. The number of likely N-dealkylation sites (tertiary alicyclic amines) is 1. The minimum absolute atomic E-state index is 0.0829. The van der Waals surface area contributed by atoms with E-state index in [0.29, 0.717) is 12.5 Å². The zero-order valence-corrected chi connectivity index (χ0v) is 17.2. The average molecular weight is 406 g/mol. The highest BCUT2D eigenvalue weighted by Gasteiger charge is 2.32. The Bertz CT molecular complexity index is 1060. The minimum Gasteiger partial charge on any atom is -0.328 e. The molecule has 4 heterocycles. The van der Waals surface area contributed by atoms with Gasteiger partial charge in [-0.2, -0.15) is 5.10 Å². The number of hydrogen-bond acceptors (Lipinski definition) is 6. The van der Waals surface area contributed by atoms with Gasteiger partial charge in [0.05, 0.1) is 17.4 Å². The van der Waals surface area contributed by atoms with E-state index < -0.39 is 0 Å². The molecule has 3 aromatic heterocycles. The van der Waals surface area contributed by atoms with E-state index in [2.05, 4.69) is 23.1 Å². The van der Waals surface area contributed by atoms with Gasteiger partial charge in [-0.3, -0.25) is 4.79 Å². The van der Waals surface area contributed by atoms with Gasteiger partial charge in [-0.05, 0) is 57.1 Å². The van der Waals surface area contributed by atoms with Crippen LogP contribution in [0.3, 0.4) is 0 Å². The summed E-state index contributed by atoms with van der Waals surface area (Å²) in [4.78, 5) is 28.2. The van der Waals surface area contributed by atoms with Crippen molar-refractivity contribution in [2.75, 3.05) is 6.54 Å². The highest BCUT2D eigenvalue weighted by molar-refractivity contribution is 5.90. The molecule has 8 heteroatoms. The van der Waals surface area contributed by atoms with Crippen LogP contribution in [0.15, 0.2) is 30.7 Å². The maximum atomic E-state index is 13.1. The molecule has 2 fully saturated rings. The van der Waals surface area contributed by atoms with E-state index in [4.69, 9.17) is 15.8 Å². The molecule has 0 radical (unpaired) electrons. The molecular weight excluding hydrogens is 378 g/mol. The van der Waals surface area contributed by atoms with Crippen molar-refractivity contribution >= 4 is 11.6 Å². The molecule has 8 nitrogen and oxygen atoms in total. The highest BCUT2D eigenvalue weighted by atomic mass is 16.2. The Balaban J connectivity index is 1.47. The molecule has 30 heavy (non-hydrogen) atoms. The smallest absolute Gasteiger partial charge is 0.292 e. The number of nitrogens with two attached hydrogens (primary N) is 1. The Morgan fingerprint density at radius 3 is 2.77 bits per heavy atom. The monoisotopic (exact) mass is 405 g/mol. The summed E-state index contributed by atoms with van der Waals surface area (Å²) in [6, 6.07) is 3.94. The fourth-order valence-corrected chi connectivity index (χ4v) is 4.90. The number of carbonyl (C=O) groups excluding carboxylic acids is 1. The number of fused-ring (bicyclic) bond motifs is 1. The molecular formula is C22H27N7O. The first-order valence-electron chi connectivity index (χ1n) is 10.8. The minimum atomic E-state index is -0.137. The van der Waals surface area contributed by atoms with Crippen LogP contribution in [-0.2, 0) is 0 Å². The average Bonchev–Trinajstić information content (AvgIpc) is 3.39. The zero-order chi connectivity index (χ0) is 20.7. The number of hydrogen-bond donors (Lipinski definition) is 1. The van der Waals surface area contributed by atoms with Crippen molar-refractivity contribution in [2.24, 2.45) is 5.73 Å². The molecule has 0 bridgehead atoms. The van der Waals surface area contributed by atoms with Crippen LogP contribution in [0.25, 0.3) is 5.65 Å². The van der Waals surface area contributed by atoms with Crippen LogP contribution in [0, 0.1) is 6.92 Å². The number of aromatic nitrogens is 5. The van der Waals surface area contributed by atoms with E-state index in [0.717, 1.165) is 61.1 Å². The van der Waals surface area contributed by atoms with E-state index in [1.54, 1.807) is 18.5 Å². The fourth-order valence-electron chi connectivity index (χ4n) is 4.90. The van der Waals surface area contributed by atoms with Gasteiger partial charge in [-0.25, -0.2) is 19.5 Å². The predicted molar refractivity (Wildman–Crippen MR) is 112 cm³/mol. The van der Waals surface area contributed by atoms with Gasteiger partial charge in [0.1, 0.15) is 0 Å². The second-order valence-corrected chi connectivity index (χ2v) is 8.53. The van der Waals surface area contributed by atoms with Crippen LogP contribution in [0.2, 0.25) is 0 Å². The molecule has 5 rings (SSSR count).